The van der Waals surface area contributed by atoms with E-state index in [9.17, 15) is 9.18 Å². The van der Waals surface area contributed by atoms with E-state index in [1.165, 1.54) is 31.1 Å². The second kappa shape index (κ2) is 10.5. The summed E-state index contributed by atoms with van der Waals surface area (Å²) in [4.78, 5) is 18.2. The van der Waals surface area contributed by atoms with Gasteiger partial charge in [-0.2, -0.15) is 0 Å². The summed E-state index contributed by atoms with van der Waals surface area (Å²) < 4.78 is 26.1. The lowest BCUT2D eigenvalue weighted by atomic mass is 9.98. The van der Waals surface area contributed by atoms with Crippen molar-refractivity contribution in [2.45, 2.75) is 71.3 Å². The fourth-order valence-electron chi connectivity index (χ4n) is 3.61. The first-order valence-corrected chi connectivity index (χ1v) is 10.9. The number of aromatic nitrogens is 4. The second-order valence-corrected chi connectivity index (χ2v) is 8.21. The third-order valence-corrected chi connectivity index (χ3v) is 5.57. The number of halogens is 1. The SMILES string of the molecule is Cc1nc(-c2nnn(C)c2COC(=O)N(C)CCC(C)F)ccc1OC1CCCCC1. The Hall–Kier alpha value is -2.71. The molecular weight excluding hydrogens is 401 g/mol. The van der Waals surface area contributed by atoms with Gasteiger partial charge in [0, 0.05) is 20.6 Å². The Labute approximate surface area is 182 Å². The monoisotopic (exact) mass is 433 g/mol. The molecule has 31 heavy (non-hydrogen) atoms. The van der Waals surface area contributed by atoms with Gasteiger partial charge in [-0.05, 0) is 58.1 Å². The summed E-state index contributed by atoms with van der Waals surface area (Å²) in [5.41, 5.74) is 2.63. The number of alkyl halides is 1. The van der Waals surface area contributed by atoms with E-state index >= 15 is 0 Å². The number of pyridine rings is 1. The van der Waals surface area contributed by atoms with Crippen molar-refractivity contribution in [3.05, 3.63) is 23.5 Å². The van der Waals surface area contributed by atoms with Crippen LogP contribution in [0.15, 0.2) is 12.1 Å². The van der Waals surface area contributed by atoms with Crippen LogP contribution in [-0.4, -0.2) is 56.8 Å². The Morgan fingerprint density at radius 3 is 2.74 bits per heavy atom. The van der Waals surface area contributed by atoms with Crippen LogP contribution in [0.4, 0.5) is 9.18 Å². The van der Waals surface area contributed by atoms with Gasteiger partial charge in [0.05, 0.1) is 23.7 Å². The van der Waals surface area contributed by atoms with E-state index < -0.39 is 12.3 Å². The summed E-state index contributed by atoms with van der Waals surface area (Å²) in [7, 11) is 3.32. The third kappa shape index (κ3) is 6.15. The molecule has 0 radical (unpaired) electrons. The van der Waals surface area contributed by atoms with Crippen molar-refractivity contribution in [3.63, 3.8) is 0 Å². The fourth-order valence-corrected chi connectivity index (χ4v) is 3.61. The molecule has 2 aromatic heterocycles. The van der Waals surface area contributed by atoms with Crippen LogP contribution in [0, 0.1) is 6.92 Å². The molecule has 1 fully saturated rings. The molecule has 1 unspecified atom stereocenters. The molecular formula is C22H32FN5O3. The van der Waals surface area contributed by atoms with Crippen LogP contribution in [0.1, 0.15) is 56.8 Å². The first kappa shape index (κ1) is 23.0. The number of carbonyl (C=O) groups is 1. The van der Waals surface area contributed by atoms with Gasteiger partial charge in [-0.25, -0.2) is 18.9 Å². The minimum atomic E-state index is -0.970. The van der Waals surface area contributed by atoms with E-state index in [1.807, 2.05) is 19.1 Å². The first-order valence-electron chi connectivity index (χ1n) is 10.9. The van der Waals surface area contributed by atoms with Crippen LogP contribution in [0.2, 0.25) is 0 Å². The van der Waals surface area contributed by atoms with E-state index in [4.69, 9.17) is 9.47 Å². The number of ether oxygens (including phenoxy) is 2. The molecule has 8 nitrogen and oxygen atoms in total. The Kier molecular flexibility index (Phi) is 7.81. The number of hydrogen-bond acceptors (Lipinski definition) is 6. The molecule has 1 saturated carbocycles. The summed E-state index contributed by atoms with van der Waals surface area (Å²) in [5, 5.41) is 8.27. The molecule has 2 heterocycles. The molecule has 1 amide bonds. The molecule has 3 rings (SSSR count). The summed E-state index contributed by atoms with van der Waals surface area (Å²) in [5.74, 6) is 0.788. The van der Waals surface area contributed by atoms with Crippen LogP contribution < -0.4 is 4.74 Å². The minimum absolute atomic E-state index is 0.00572. The molecule has 0 N–H and O–H groups in total. The Balaban J connectivity index is 1.67. The lowest BCUT2D eigenvalue weighted by Crippen LogP contribution is -2.29. The molecule has 2 aromatic rings. The summed E-state index contributed by atoms with van der Waals surface area (Å²) in [6, 6.07) is 3.78. The largest absolute Gasteiger partial charge is 0.489 e. The quantitative estimate of drug-likeness (QED) is 0.620. The fraction of sp³-hybridized carbons (Fsp3) is 0.636. The number of rotatable bonds is 8. The maximum absolute atomic E-state index is 13.0. The highest BCUT2D eigenvalue weighted by Gasteiger charge is 2.20. The van der Waals surface area contributed by atoms with E-state index in [-0.39, 0.29) is 25.7 Å². The lowest BCUT2D eigenvalue weighted by Gasteiger charge is -2.23. The third-order valence-electron chi connectivity index (χ3n) is 5.57. The van der Waals surface area contributed by atoms with Gasteiger partial charge in [-0.3, -0.25) is 0 Å². The number of hydrogen-bond donors (Lipinski definition) is 0. The van der Waals surface area contributed by atoms with Gasteiger partial charge in [0.1, 0.15) is 23.7 Å². The summed E-state index contributed by atoms with van der Waals surface area (Å²) >= 11 is 0. The van der Waals surface area contributed by atoms with Gasteiger partial charge < -0.3 is 14.4 Å². The normalized spacial score (nSPS) is 15.5. The average Bonchev–Trinajstić information content (AvgIpc) is 3.12. The zero-order chi connectivity index (χ0) is 22.4. The summed E-state index contributed by atoms with van der Waals surface area (Å²) in [6.45, 7) is 3.66. The molecule has 0 bridgehead atoms. The molecule has 0 saturated heterocycles. The lowest BCUT2D eigenvalue weighted by molar-refractivity contribution is 0.100. The van der Waals surface area contributed by atoms with Crippen molar-refractivity contribution < 1.29 is 18.7 Å². The highest BCUT2D eigenvalue weighted by molar-refractivity contribution is 5.67. The van der Waals surface area contributed by atoms with Crippen molar-refractivity contribution in [1.82, 2.24) is 24.9 Å². The highest BCUT2D eigenvalue weighted by Crippen LogP contribution is 2.28. The van der Waals surface area contributed by atoms with Crippen LogP contribution in [0.25, 0.3) is 11.4 Å². The van der Waals surface area contributed by atoms with Crippen LogP contribution >= 0.6 is 0 Å². The van der Waals surface area contributed by atoms with Crippen LogP contribution in [0.3, 0.4) is 0 Å². The maximum atomic E-state index is 13.0. The van der Waals surface area contributed by atoms with E-state index in [0.717, 1.165) is 24.3 Å². The molecule has 1 atom stereocenters. The number of amides is 1. The van der Waals surface area contributed by atoms with E-state index in [1.54, 1.807) is 18.8 Å². The smallest absolute Gasteiger partial charge is 0.409 e. The van der Waals surface area contributed by atoms with Gasteiger partial charge in [-0.1, -0.05) is 11.6 Å². The molecule has 0 aromatic carbocycles. The number of aryl methyl sites for hydroxylation is 2. The standard InChI is InChI=1S/C22H32FN5O3/c1-15(23)12-13-27(3)22(29)30-14-19-21(25-26-28(19)4)18-10-11-20(16(2)24-18)31-17-8-6-5-7-9-17/h10-11,15,17H,5-9,12-14H2,1-4H3. The predicted octanol–water partition coefficient (Wildman–Crippen LogP) is 4.21. The van der Waals surface area contributed by atoms with Crippen molar-refractivity contribution in [2.24, 2.45) is 7.05 Å². The Bertz CT molecular complexity index is 880. The van der Waals surface area contributed by atoms with E-state index in [0.29, 0.717) is 17.1 Å². The van der Waals surface area contributed by atoms with Gasteiger partial charge in [0.15, 0.2) is 0 Å². The molecule has 1 aliphatic rings. The van der Waals surface area contributed by atoms with Crippen molar-refractivity contribution in [1.29, 1.82) is 0 Å². The molecule has 9 heteroatoms. The van der Waals surface area contributed by atoms with Crippen molar-refractivity contribution >= 4 is 6.09 Å². The second-order valence-electron chi connectivity index (χ2n) is 8.21. The van der Waals surface area contributed by atoms with Crippen molar-refractivity contribution in [2.75, 3.05) is 13.6 Å². The zero-order valence-electron chi connectivity index (χ0n) is 18.8. The average molecular weight is 434 g/mol. The summed E-state index contributed by atoms with van der Waals surface area (Å²) in [6.07, 6.45) is 4.89. The van der Waals surface area contributed by atoms with Gasteiger partial charge >= 0.3 is 6.09 Å². The molecule has 0 aliphatic heterocycles. The van der Waals surface area contributed by atoms with Crippen LogP contribution in [-0.2, 0) is 18.4 Å². The Morgan fingerprint density at radius 1 is 1.32 bits per heavy atom. The maximum Gasteiger partial charge on any atom is 0.409 e. The topological polar surface area (TPSA) is 82.4 Å². The predicted molar refractivity (Wildman–Crippen MR) is 114 cm³/mol. The zero-order valence-corrected chi connectivity index (χ0v) is 18.8. The Morgan fingerprint density at radius 2 is 2.06 bits per heavy atom. The van der Waals surface area contributed by atoms with E-state index in [2.05, 4.69) is 15.3 Å². The number of nitrogens with zero attached hydrogens (tertiary/aromatic N) is 5. The van der Waals surface area contributed by atoms with Crippen LogP contribution in [0.5, 0.6) is 5.75 Å². The van der Waals surface area contributed by atoms with Gasteiger partial charge in [0.25, 0.3) is 0 Å². The number of carbonyl (C=O) groups excluding carboxylic acids is 1. The highest BCUT2D eigenvalue weighted by atomic mass is 19.1. The minimum Gasteiger partial charge on any atom is -0.489 e. The molecule has 1 aliphatic carbocycles. The van der Waals surface area contributed by atoms with Crippen molar-refractivity contribution in [3.8, 4) is 17.1 Å². The molecule has 0 spiro atoms. The van der Waals surface area contributed by atoms with Gasteiger partial charge in [0.2, 0.25) is 0 Å². The molecule has 170 valence electrons. The first-order chi connectivity index (χ1) is 14.8. The van der Waals surface area contributed by atoms with Gasteiger partial charge in [-0.15, -0.1) is 5.10 Å².